The Morgan fingerprint density at radius 3 is 2.47 bits per heavy atom. The fraction of sp³-hybridized carbons (Fsp3) is 0.100. The normalized spacial score (nSPS) is 11.6. The lowest BCUT2D eigenvalue weighted by Crippen LogP contribution is -2.22. The van der Waals surface area contributed by atoms with Crippen molar-refractivity contribution in [1.29, 1.82) is 0 Å². The fourth-order valence-corrected chi connectivity index (χ4v) is 3.26. The molecule has 0 aliphatic carbocycles. The van der Waals surface area contributed by atoms with Crippen LogP contribution in [0.25, 0.3) is 11.3 Å². The van der Waals surface area contributed by atoms with Crippen molar-refractivity contribution in [3.05, 3.63) is 65.7 Å². The van der Waals surface area contributed by atoms with E-state index in [9.17, 15) is 18.2 Å². The highest BCUT2D eigenvalue weighted by Gasteiger charge is 2.16. The number of aryl methyl sites for hydroxylation is 1. The SMILES string of the molecule is CC(=O)NS(=O)c1ccc(NC(=O)c2nc(-c3ccc(C)c(F)c3)cnc2N)cc1. The van der Waals surface area contributed by atoms with Crippen LogP contribution in [0.5, 0.6) is 0 Å². The van der Waals surface area contributed by atoms with Gasteiger partial charge < -0.3 is 11.1 Å². The van der Waals surface area contributed by atoms with Gasteiger partial charge in [-0.05, 0) is 42.8 Å². The van der Waals surface area contributed by atoms with Gasteiger partial charge in [0.15, 0.2) is 22.5 Å². The van der Waals surface area contributed by atoms with Crippen LogP contribution in [0.1, 0.15) is 23.0 Å². The van der Waals surface area contributed by atoms with Gasteiger partial charge in [-0.2, -0.15) is 0 Å². The number of nitrogens with one attached hydrogen (secondary N) is 2. The largest absolute Gasteiger partial charge is 0.382 e. The summed E-state index contributed by atoms with van der Waals surface area (Å²) in [5.74, 6) is -1.50. The van der Waals surface area contributed by atoms with Crippen molar-refractivity contribution in [3.8, 4) is 11.3 Å². The van der Waals surface area contributed by atoms with Gasteiger partial charge >= 0.3 is 0 Å². The molecule has 30 heavy (non-hydrogen) atoms. The number of benzene rings is 2. The maximum absolute atomic E-state index is 13.9. The summed E-state index contributed by atoms with van der Waals surface area (Å²) in [6, 6.07) is 10.6. The minimum Gasteiger partial charge on any atom is -0.382 e. The predicted octanol–water partition coefficient (Wildman–Crippen LogP) is 2.58. The number of anilines is 2. The van der Waals surface area contributed by atoms with Crippen LogP contribution in [0.4, 0.5) is 15.9 Å². The van der Waals surface area contributed by atoms with Crippen molar-refractivity contribution in [3.63, 3.8) is 0 Å². The van der Waals surface area contributed by atoms with Crippen LogP contribution in [0.3, 0.4) is 0 Å². The number of amides is 2. The molecule has 2 amide bonds. The maximum Gasteiger partial charge on any atom is 0.278 e. The summed E-state index contributed by atoms with van der Waals surface area (Å²) in [6.45, 7) is 2.90. The molecule has 2 aromatic carbocycles. The zero-order valence-electron chi connectivity index (χ0n) is 16.1. The molecule has 0 saturated heterocycles. The summed E-state index contributed by atoms with van der Waals surface area (Å²) in [6.07, 6.45) is 1.36. The summed E-state index contributed by atoms with van der Waals surface area (Å²) >= 11 is 0. The highest BCUT2D eigenvalue weighted by molar-refractivity contribution is 7.83. The predicted molar refractivity (Wildman–Crippen MR) is 111 cm³/mol. The van der Waals surface area contributed by atoms with E-state index in [0.29, 0.717) is 27.4 Å². The average molecular weight is 427 g/mol. The molecule has 0 aliphatic heterocycles. The molecule has 0 bridgehead atoms. The summed E-state index contributed by atoms with van der Waals surface area (Å²) in [7, 11) is -1.69. The Hall–Kier alpha value is -3.66. The van der Waals surface area contributed by atoms with E-state index in [1.54, 1.807) is 19.1 Å². The third kappa shape index (κ3) is 4.84. The monoisotopic (exact) mass is 427 g/mol. The number of hydrogen-bond acceptors (Lipinski definition) is 6. The number of nitrogens with zero attached hydrogens (tertiary/aromatic N) is 2. The van der Waals surface area contributed by atoms with Crippen LogP contribution >= 0.6 is 0 Å². The molecule has 1 aromatic heterocycles. The molecule has 0 saturated carbocycles. The van der Waals surface area contributed by atoms with Crippen molar-refractivity contribution in [1.82, 2.24) is 14.7 Å². The fourth-order valence-electron chi connectivity index (χ4n) is 2.50. The summed E-state index contributed by atoms with van der Waals surface area (Å²) in [5.41, 5.74) is 7.34. The van der Waals surface area contributed by atoms with Crippen molar-refractivity contribution < 1.29 is 18.2 Å². The number of nitrogen functional groups attached to an aromatic ring is 1. The van der Waals surface area contributed by atoms with Crippen molar-refractivity contribution >= 4 is 34.3 Å². The van der Waals surface area contributed by atoms with Crippen LogP contribution < -0.4 is 15.8 Å². The molecule has 10 heteroatoms. The second kappa shape index (κ2) is 8.78. The Morgan fingerprint density at radius 1 is 1.13 bits per heavy atom. The minimum absolute atomic E-state index is 0.0767. The van der Waals surface area contributed by atoms with Gasteiger partial charge in [0.25, 0.3) is 5.91 Å². The number of carbonyl (C=O) groups excluding carboxylic acids is 2. The highest BCUT2D eigenvalue weighted by Crippen LogP contribution is 2.22. The standard InChI is InChI=1S/C20H18FN5O3S/c1-11-3-4-13(9-16(11)21)17-10-23-19(22)18(25-17)20(28)24-14-5-7-15(8-6-14)30(29)26-12(2)27/h3-10H,1-2H3,(H2,22,23)(H,24,28)(H,26,27). The van der Waals surface area contributed by atoms with E-state index in [2.05, 4.69) is 20.0 Å². The quantitative estimate of drug-likeness (QED) is 0.574. The Labute approximate surface area is 174 Å². The Morgan fingerprint density at radius 2 is 1.83 bits per heavy atom. The molecule has 0 aliphatic rings. The van der Waals surface area contributed by atoms with E-state index >= 15 is 0 Å². The Balaban J connectivity index is 1.80. The van der Waals surface area contributed by atoms with E-state index in [0.717, 1.165) is 0 Å². The molecular formula is C20H18FN5O3S. The molecule has 8 nitrogen and oxygen atoms in total. The third-order valence-corrected chi connectivity index (χ3v) is 5.22. The molecule has 0 radical (unpaired) electrons. The lowest BCUT2D eigenvalue weighted by Gasteiger charge is -2.09. The van der Waals surface area contributed by atoms with Crippen LogP contribution in [-0.4, -0.2) is 26.0 Å². The van der Waals surface area contributed by atoms with Gasteiger partial charge in [-0.1, -0.05) is 12.1 Å². The molecule has 0 spiro atoms. The van der Waals surface area contributed by atoms with Gasteiger partial charge in [0.2, 0.25) is 5.91 Å². The van der Waals surface area contributed by atoms with E-state index in [4.69, 9.17) is 5.73 Å². The van der Waals surface area contributed by atoms with Gasteiger partial charge in [-0.15, -0.1) is 0 Å². The minimum atomic E-state index is -1.69. The number of aromatic nitrogens is 2. The molecule has 3 rings (SSSR count). The van der Waals surface area contributed by atoms with Gasteiger partial charge in [0.05, 0.1) is 16.8 Å². The van der Waals surface area contributed by atoms with Crippen molar-refractivity contribution in [2.45, 2.75) is 18.7 Å². The molecule has 0 fully saturated rings. The first-order valence-corrected chi connectivity index (χ1v) is 9.89. The molecule has 1 heterocycles. The second-order valence-electron chi connectivity index (χ2n) is 6.36. The molecular weight excluding hydrogens is 409 g/mol. The Kier molecular flexibility index (Phi) is 6.17. The van der Waals surface area contributed by atoms with E-state index in [-0.39, 0.29) is 11.5 Å². The average Bonchev–Trinajstić information content (AvgIpc) is 2.70. The zero-order valence-corrected chi connectivity index (χ0v) is 16.9. The smallest absolute Gasteiger partial charge is 0.278 e. The van der Waals surface area contributed by atoms with Crippen LogP contribution in [0.2, 0.25) is 0 Å². The molecule has 1 unspecified atom stereocenters. The molecule has 154 valence electrons. The molecule has 1 atom stereocenters. The van der Waals surface area contributed by atoms with Crippen molar-refractivity contribution in [2.75, 3.05) is 11.1 Å². The number of hydrogen-bond donors (Lipinski definition) is 3. The highest BCUT2D eigenvalue weighted by atomic mass is 32.2. The van der Waals surface area contributed by atoms with Gasteiger partial charge in [0.1, 0.15) is 5.82 Å². The first-order valence-electron chi connectivity index (χ1n) is 8.74. The van der Waals surface area contributed by atoms with Crippen LogP contribution in [0.15, 0.2) is 53.6 Å². The first kappa shape index (κ1) is 21.1. The zero-order chi connectivity index (χ0) is 21.8. The third-order valence-electron chi connectivity index (χ3n) is 4.05. The topological polar surface area (TPSA) is 127 Å². The molecule has 3 aromatic rings. The Bertz CT molecular complexity index is 1150. The number of carbonyl (C=O) groups is 2. The van der Waals surface area contributed by atoms with Crippen LogP contribution in [-0.2, 0) is 15.8 Å². The maximum atomic E-state index is 13.9. The van der Waals surface area contributed by atoms with E-state index in [1.165, 1.54) is 43.5 Å². The van der Waals surface area contributed by atoms with Crippen LogP contribution in [0, 0.1) is 12.7 Å². The van der Waals surface area contributed by atoms with E-state index in [1.807, 2.05) is 0 Å². The lowest BCUT2D eigenvalue weighted by molar-refractivity contribution is -0.117. The summed E-state index contributed by atoms with van der Waals surface area (Å²) in [5, 5.41) is 2.62. The van der Waals surface area contributed by atoms with E-state index < -0.39 is 28.6 Å². The summed E-state index contributed by atoms with van der Waals surface area (Å²) in [4.78, 5) is 32.2. The van der Waals surface area contributed by atoms with Gasteiger partial charge in [-0.3, -0.25) is 14.3 Å². The second-order valence-corrected chi connectivity index (χ2v) is 7.57. The number of nitrogens with two attached hydrogens (primary N) is 1. The molecule has 4 N–H and O–H groups in total. The number of halogens is 1. The van der Waals surface area contributed by atoms with Crippen molar-refractivity contribution in [2.24, 2.45) is 0 Å². The number of rotatable bonds is 5. The summed E-state index contributed by atoms with van der Waals surface area (Å²) < 4.78 is 28.0. The first-order chi connectivity index (χ1) is 14.2. The van der Waals surface area contributed by atoms with Gasteiger partial charge in [-0.25, -0.2) is 18.6 Å². The van der Waals surface area contributed by atoms with Gasteiger partial charge in [0, 0.05) is 18.2 Å². The lowest BCUT2D eigenvalue weighted by atomic mass is 10.1.